The van der Waals surface area contributed by atoms with Gasteiger partial charge in [-0.15, -0.1) is 0 Å². The molecule has 3 N–H and O–H groups in total. The summed E-state index contributed by atoms with van der Waals surface area (Å²) in [6.07, 6.45) is 0.234. The first-order valence-electron chi connectivity index (χ1n) is 6.23. The number of hydrogen-bond acceptors (Lipinski definition) is 2. The van der Waals surface area contributed by atoms with Crippen LogP contribution in [0.4, 0.5) is 5.69 Å². The fourth-order valence-electron chi connectivity index (χ4n) is 1.92. The number of halogens is 3. The molecule has 0 bridgehead atoms. The van der Waals surface area contributed by atoms with Crippen molar-refractivity contribution in [1.82, 2.24) is 0 Å². The molecule has 0 heterocycles. The molecule has 0 aliphatic heterocycles. The summed E-state index contributed by atoms with van der Waals surface area (Å²) < 4.78 is 0.681. The number of carbonyl (C=O) groups is 1. The number of anilines is 1. The van der Waals surface area contributed by atoms with Crippen LogP contribution < -0.4 is 11.1 Å². The maximum atomic E-state index is 12.1. The molecule has 0 fully saturated rings. The van der Waals surface area contributed by atoms with Crippen molar-refractivity contribution < 1.29 is 4.79 Å². The topological polar surface area (TPSA) is 55.1 Å². The number of nitrogens with two attached hydrogens (primary N) is 1. The lowest BCUT2D eigenvalue weighted by molar-refractivity contribution is -0.115. The van der Waals surface area contributed by atoms with Gasteiger partial charge in [-0.05, 0) is 39.2 Å². The molecule has 2 aromatic rings. The molecule has 0 radical (unpaired) electrons. The lowest BCUT2D eigenvalue weighted by Crippen LogP contribution is -2.16. The number of hydrogen-bond donors (Lipinski definition) is 2. The highest BCUT2D eigenvalue weighted by Crippen LogP contribution is 2.35. The second kappa shape index (κ2) is 7.27. The van der Waals surface area contributed by atoms with Crippen molar-refractivity contribution in [2.24, 2.45) is 5.73 Å². The van der Waals surface area contributed by atoms with Gasteiger partial charge in [0.15, 0.2) is 0 Å². The molecule has 3 nitrogen and oxygen atoms in total. The van der Waals surface area contributed by atoms with Gasteiger partial charge in [0.05, 0.1) is 22.2 Å². The smallest absolute Gasteiger partial charge is 0.228 e. The molecule has 2 rings (SSSR count). The van der Waals surface area contributed by atoms with Gasteiger partial charge in [-0.1, -0.05) is 47.5 Å². The summed E-state index contributed by atoms with van der Waals surface area (Å²) in [6, 6.07) is 11.0. The SMILES string of the molecule is NCc1ccccc1CC(=O)Nc1ccc(Br)c(Cl)c1Cl. The third kappa shape index (κ3) is 3.98. The molecule has 6 heteroatoms. The summed E-state index contributed by atoms with van der Waals surface area (Å²) in [5.74, 6) is -0.170. The molecule has 0 saturated heterocycles. The lowest BCUT2D eigenvalue weighted by Gasteiger charge is -2.11. The van der Waals surface area contributed by atoms with Crippen LogP contribution in [0.25, 0.3) is 0 Å². The van der Waals surface area contributed by atoms with Crippen LogP contribution in [0.5, 0.6) is 0 Å². The Morgan fingerprint density at radius 3 is 2.43 bits per heavy atom. The summed E-state index contributed by atoms with van der Waals surface area (Å²) in [6.45, 7) is 0.397. The van der Waals surface area contributed by atoms with Crippen molar-refractivity contribution in [2.45, 2.75) is 13.0 Å². The van der Waals surface area contributed by atoms with Crippen molar-refractivity contribution in [1.29, 1.82) is 0 Å². The van der Waals surface area contributed by atoms with Crippen molar-refractivity contribution >= 4 is 50.7 Å². The predicted molar refractivity (Wildman–Crippen MR) is 90.8 cm³/mol. The summed E-state index contributed by atoms with van der Waals surface area (Å²) in [5, 5.41) is 3.44. The van der Waals surface area contributed by atoms with E-state index in [1.165, 1.54) is 0 Å². The summed E-state index contributed by atoms with van der Waals surface area (Å²) in [4.78, 5) is 12.1. The molecule has 0 atom stereocenters. The van der Waals surface area contributed by atoms with Crippen LogP contribution in [-0.4, -0.2) is 5.91 Å². The average molecular weight is 388 g/mol. The normalized spacial score (nSPS) is 10.5. The van der Waals surface area contributed by atoms with E-state index in [9.17, 15) is 4.79 Å². The molecule has 0 aromatic heterocycles. The Morgan fingerprint density at radius 2 is 1.76 bits per heavy atom. The number of rotatable bonds is 4. The van der Waals surface area contributed by atoms with Gasteiger partial charge in [0.1, 0.15) is 0 Å². The van der Waals surface area contributed by atoms with E-state index in [-0.39, 0.29) is 12.3 Å². The van der Waals surface area contributed by atoms with E-state index < -0.39 is 0 Å². The van der Waals surface area contributed by atoms with E-state index in [0.717, 1.165) is 11.1 Å². The van der Waals surface area contributed by atoms with Gasteiger partial charge in [0.2, 0.25) is 5.91 Å². The largest absolute Gasteiger partial charge is 0.326 e. The molecular formula is C15H13BrCl2N2O. The molecule has 110 valence electrons. The van der Waals surface area contributed by atoms with Gasteiger partial charge in [-0.25, -0.2) is 0 Å². The molecule has 0 aliphatic carbocycles. The Balaban J connectivity index is 2.14. The zero-order chi connectivity index (χ0) is 15.4. The van der Waals surface area contributed by atoms with E-state index in [2.05, 4.69) is 21.2 Å². The Bertz CT molecular complexity index is 677. The van der Waals surface area contributed by atoms with E-state index in [1.807, 2.05) is 24.3 Å². The lowest BCUT2D eigenvalue weighted by atomic mass is 10.0. The predicted octanol–water partition coefficient (Wildman–Crippen LogP) is 4.40. The molecule has 0 aliphatic rings. The Labute approximate surface area is 141 Å². The van der Waals surface area contributed by atoms with E-state index in [4.69, 9.17) is 28.9 Å². The van der Waals surface area contributed by atoms with E-state index in [0.29, 0.717) is 26.8 Å². The first-order chi connectivity index (χ1) is 10.0. The first kappa shape index (κ1) is 16.3. The molecule has 0 saturated carbocycles. The zero-order valence-corrected chi connectivity index (χ0v) is 14.1. The number of benzene rings is 2. The van der Waals surface area contributed by atoms with Crippen LogP contribution in [0.3, 0.4) is 0 Å². The van der Waals surface area contributed by atoms with Crippen LogP contribution in [0.1, 0.15) is 11.1 Å². The van der Waals surface area contributed by atoms with Crippen LogP contribution in [0.2, 0.25) is 10.0 Å². The van der Waals surface area contributed by atoms with Crippen molar-refractivity contribution in [3.05, 3.63) is 62.0 Å². The van der Waals surface area contributed by atoms with Crippen LogP contribution in [-0.2, 0) is 17.8 Å². The standard InChI is InChI=1S/C15H13BrCl2N2O/c16-11-5-6-12(15(18)14(11)17)20-13(21)7-9-3-1-2-4-10(9)8-19/h1-6H,7-8,19H2,(H,20,21). The monoisotopic (exact) mass is 386 g/mol. The van der Waals surface area contributed by atoms with Gasteiger partial charge < -0.3 is 11.1 Å². The van der Waals surface area contributed by atoms with Gasteiger partial charge in [-0.2, -0.15) is 0 Å². The first-order valence-corrected chi connectivity index (χ1v) is 7.78. The van der Waals surface area contributed by atoms with Gasteiger partial charge in [-0.3, -0.25) is 4.79 Å². The molecular weight excluding hydrogens is 375 g/mol. The van der Waals surface area contributed by atoms with E-state index >= 15 is 0 Å². The maximum Gasteiger partial charge on any atom is 0.228 e. The summed E-state index contributed by atoms with van der Waals surface area (Å²) in [5.41, 5.74) is 8.00. The Kier molecular flexibility index (Phi) is 5.65. The number of nitrogens with one attached hydrogen (secondary N) is 1. The molecule has 1 amide bonds. The maximum absolute atomic E-state index is 12.1. The fourth-order valence-corrected chi connectivity index (χ4v) is 2.74. The summed E-state index contributed by atoms with van der Waals surface area (Å²) >= 11 is 15.4. The van der Waals surface area contributed by atoms with Crippen LogP contribution in [0, 0.1) is 0 Å². The average Bonchev–Trinajstić information content (AvgIpc) is 2.48. The Morgan fingerprint density at radius 1 is 1.10 bits per heavy atom. The highest BCUT2D eigenvalue weighted by atomic mass is 79.9. The Hall–Kier alpha value is -1.07. The van der Waals surface area contributed by atoms with Crippen LogP contribution in [0.15, 0.2) is 40.9 Å². The van der Waals surface area contributed by atoms with Gasteiger partial charge in [0.25, 0.3) is 0 Å². The summed E-state index contributed by atoms with van der Waals surface area (Å²) in [7, 11) is 0. The molecule has 0 spiro atoms. The third-order valence-electron chi connectivity index (χ3n) is 3.00. The number of carbonyl (C=O) groups excluding carboxylic acids is 1. The quantitative estimate of drug-likeness (QED) is 0.764. The minimum Gasteiger partial charge on any atom is -0.326 e. The van der Waals surface area contributed by atoms with Crippen molar-refractivity contribution in [2.75, 3.05) is 5.32 Å². The highest BCUT2D eigenvalue weighted by Gasteiger charge is 2.12. The van der Waals surface area contributed by atoms with Crippen molar-refractivity contribution in [3.8, 4) is 0 Å². The van der Waals surface area contributed by atoms with Gasteiger partial charge in [0, 0.05) is 11.0 Å². The fraction of sp³-hybridized carbons (Fsp3) is 0.133. The zero-order valence-electron chi connectivity index (χ0n) is 11.0. The second-order valence-corrected chi connectivity index (χ2v) is 6.03. The highest BCUT2D eigenvalue weighted by molar-refractivity contribution is 9.10. The van der Waals surface area contributed by atoms with Gasteiger partial charge >= 0.3 is 0 Å². The van der Waals surface area contributed by atoms with E-state index in [1.54, 1.807) is 12.1 Å². The second-order valence-electron chi connectivity index (χ2n) is 4.42. The number of amides is 1. The molecule has 0 unspecified atom stereocenters. The minimum absolute atomic E-state index is 0.170. The molecule has 2 aromatic carbocycles. The minimum atomic E-state index is -0.170. The molecule has 21 heavy (non-hydrogen) atoms. The van der Waals surface area contributed by atoms with Crippen LogP contribution >= 0.6 is 39.1 Å². The third-order valence-corrected chi connectivity index (χ3v) is 4.77. The van der Waals surface area contributed by atoms with Crippen molar-refractivity contribution in [3.63, 3.8) is 0 Å².